The number of aliphatic carboxylic acids is 1. The summed E-state index contributed by atoms with van der Waals surface area (Å²) in [5.74, 6) is -1.03. The molecule has 3 aromatic rings. The molecule has 1 heterocycles. The van der Waals surface area contributed by atoms with Crippen LogP contribution in [0.4, 0.5) is 13.2 Å². The van der Waals surface area contributed by atoms with Crippen molar-refractivity contribution in [3.05, 3.63) is 95.3 Å². The molecule has 0 saturated carbocycles. The molecule has 0 aliphatic carbocycles. The Morgan fingerprint density at radius 1 is 1.03 bits per heavy atom. The van der Waals surface area contributed by atoms with E-state index >= 15 is 0 Å². The zero-order valence-electron chi connectivity index (χ0n) is 16.2. The molecule has 5 nitrogen and oxygen atoms in total. The third kappa shape index (κ3) is 5.85. The number of alkyl halides is 3. The molecule has 8 heteroatoms. The van der Waals surface area contributed by atoms with Crippen molar-refractivity contribution in [3.63, 3.8) is 0 Å². The Morgan fingerprint density at radius 2 is 1.77 bits per heavy atom. The summed E-state index contributed by atoms with van der Waals surface area (Å²) in [6.45, 7) is -0.0825. The first-order valence-corrected chi connectivity index (χ1v) is 9.22. The summed E-state index contributed by atoms with van der Waals surface area (Å²) >= 11 is 0. The van der Waals surface area contributed by atoms with Gasteiger partial charge in [0, 0.05) is 18.3 Å². The van der Waals surface area contributed by atoms with Gasteiger partial charge in [-0.05, 0) is 42.0 Å². The first kappa shape index (κ1) is 21.9. The molecule has 0 atom stereocenters. The molecule has 31 heavy (non-hydrogen) atoms. The molecule has 2 aromatic carbocycles. The van der Waals surface area contributed by atoms with Crippen molar-refractivity contribution in [3.8, 4) is 5.75 Å². The van der Waals surface area contributed by atoms with E-state index in [-0.39, 0.29) is 11.3 Å². The van der Waals surface area contributed by atoms with Crippen molar-refractivity contribution in [1.82, 2.24) is 4.57 Å². The monoisotopic (exact) mass is 429 g/mol. The lowest BCUT2D eigenvalue weighted by Crippen LogP contribution is -2.10. The molecule has 1 N–H and O–H groups in total. The van der Waals surface area contributed by atoms with Gasteiger partial charge in [0.25, 0.3) is 0 Å². The van der Waals surface area contributed by atoms with E-state index in [2.05, 4.69) is 0 Å². The van der Waals surface area contributed by atoms with E-state index in [1.165, 1.54) is 12.1 Å². The lowest BCUT2D eigenvalue weighted by molar-refractivity contribution is -0.139. The van der Waals surface area contributed by atoms with Gasteiger partial charge in [0.1, 0.15) is 5.75 Å². The van der Waals surface area contributed by atoms with Crippen LogP contribution in [-0.2, 0) is 17.5 Å². The number of allylic oxidation sites excluding steroid dienone is 1. The topological polar surface area (TPSA) is 68.5 Å². The Balaban J connectivity index is 1.69. The normalized spacial score (nSPS) is 11.6. The van der Waals surface area contributed by atoms with E-state index in [0.29, 0.717) is 18.0 Å². The van der Waals surface area contributed by atoms with E-state index < -0.39 is 24.3 Å². The highest BCUT2D eigenvalue weighted by Crippen LogP contribution is 2.29. The molecule has 0 amide bonds. The van der Waals surface area contributed by atoms with Crippen LogP contribution in [0.15, 0.2) is 72.9 Å². The van der Waals surface area contributed by atoms with Gasteiger partial charge in [-0.3, -0.25) is 4.79 Å². The van der Waals surface area contributed by atoms with Crippen LogP contribution in [-0.4, -0.2) is 28.0 Å². The molecule has 0 fully saturated rings. The molecular formula is C23H18F3NO4. The highest BCUT2D eigenvalue weighted by molar-refractivity contribution is 6.08. The number of benzene rings is 2. The first-order chi connectivity index (χ1) is 14.7. The Labute approximate surface area is 176 Å². The zero-order chi connectivity index (χ0) is 22.4. The summed E-state index contributed by atoms with van der Waals surface area (Å²) in [5, 5.41) is 8.67. The molecule has 160 valence electrons. The number of hydrogen-bond donors (Lipinski definition) is 1. The number of ketones is 1. The third-order valence-electron chi connectivity index (χ3n) is 4.37. The van der Waals surface area contributed by atoms with Crippen molar-refractivity contribution >= 4 is 17.8 Å². The fourth-order valence-corrected chi connectivity index (χ4v) is 2.89. The molecule has 1 aromatic heterocycles. The van der Waals surface area contributed by atoms with E-state index in [1.54, 1.807) is 53.2 Å². The minimum Gasteiger partial charge on any atom is -0.482 e. The Morgan fingerprint density at radius 3 is 2.45 bits per heavy atom. The molecule has 3 rings (SSSR count). The molecular weight excluding hydrogens is 411 g/mol. The number of nitrogens with zero attached hydrogens (tertiary/aromatic N) is 1. The highest BCUT2D eigenvalue weighted by atomic mass is 19.4. The standard InChI is InChI=1S/C23H18F3NO4/c24-23(25,26)18-10-8-17(9-11-18)22(30)20-7-3-13-27(20)12-2-5-16-4-1-6-19(14-16)31-15-21(28)29/h1-11,13-14H,12,15H2,(H,28,29)/b5-2+. The number of halogens is 3. The fraction of sp³-hybridized carbons (Fsp3) is 0.130. The van der Waals surface area contributed by atoms with Gasteiger partial charge in [-0.1, -0.05) is 36.4 Å². The van der Waals surface area contributed by atoms with Gasteiger partial charge in [0.2, 0.25) is 5.78 Å². The molecule has 0 unspecified atom stereocenters. The van der Waals surface area contributed by atoms with Gasteiger partial charge < -0.3 is 14.4 Å². The summed E-state index contributed by atoms with van der Waals surface area (Å²) in [6, 6.07) is 14.3. The van der Waals surface area contributed by atoms with E-state index in [4.69, 9.17) is 9.84 Å². The molecule has 0 aliphatic rings. The predicted molar refractivity (Wildman–Crippen MR) is 108 cm³/mol. The van der Waals surface area contributed by atoms with E-state index in [1.807, 2.05) is 6.07 Å². The zero-order valence-corrected chi connectivity index (χ0v) is 16.2. The van der Waals surface area contributed by atoms with Crippen LogP contribution in [0.3, 0.4) is 0 Å². The van der Waals surface area contributed by atoms with Gasteiger partial charge >= 0.3 is 12.1 Å². The second-order valence-electron chi connectivity index (χ2n) is 6.61. The van der Waals surface area contributed by atoms with Gasteiger partial charge in [0.05, 0.1) is 11.3 Å². The van der Waals surface area contributed by atoms with Crippen molar-refractivity contribution < 1.29 is 32.6 Å². The number of carboxylic acid groups (broad SMARTS) is 1. The SMILES string of the molecule is O=C(O)COc1cccc(/C=C/Cn2cccc2C(=O)c2ccc(C(F)(F)F)cc2)c1. The fourth-order valence-electron chi connectivity index (χ4n) is 2.89. The van der Waals surface area contributed by atoms with Crippen LogP contribution in [0, 0.1) is 0 Å². The van der Waals surface area contributed by atoms with Crippen LogP contribution >= 0.6 is 0 Å². The largest absolute Gasteiger partial charge is 0.482 e. The molecule has 0 spiro atoms. The number of rotatable bonds is 8. The van der Waals surface area contributed by atoms with Crippen molar-refractivity contribution in [1.29, 1.82) is 0 Å². The first-order valence-electron chi connectivity index (χ1n) is 9.22. The second-order valence-corrected chi connectivity index (χ2v) is 6.61. The minimum atomic E-state index is -4.46. The summed E-state index contributed by atoms with van der Waals surface area (Å²) in [7, 11) is 0. The summed E-state index contributed by atoms with van der Waals surface area (Å²) < 4.78 is 44.9. The number of carbonyl (C=O) groups is 2. The van der Waals surface area contributed by atoms with Gasteiger partial charge in [-0.15, -0.1) is 0 Å². The highest BCUT2D eigenvalue weighted by Gasteiger charge is 2.30. The van der Waals surface area contributed by atoms with Gasteiger partial charge in [-0.2, -0.15) is 13.2 Å². The van der Waals surface area contributed by atoms with Gasteiger partial charge in [-0.25, -0.2) is 4.79 Å². The lowest BCUT2D eigenvalue weighted by Gasteiger charge is -2.09. The number of carboxylic acids is 1. The van der Waals surface area contributed by atoms with Crippen molar-refractivity contribution in [2.45, 2.75) is 12.7 Å². The lowest BCUT2D eigenvalue weighted by atomic mass is 10.1. The van der Waals surface area contributed by atoms with Crippen LogP contribution in [0.2, 0.25) is 0 Å². The summed E-state index contributed by atoms with van der Waals surface area (Å²) in [6.07, 6.45) is 0.844. The molecule has 0 bridgehead atoms. The minimum absolute atomic E-state index is 0.167. The Bertz CT molecular complexity index is 1100. The average Bonchev–Trinajstić information content (AvgIpc) is 3.20. The summed E-state index contributed by atoms with van der Waals surface area (Å²) in [4.78, 5) is 23.3. The van der Waals surface area contributed by atoms with Gasteiger partial charge in [0.15, 0.2) is 6.61 Å². The molecule has 0 radical (unpaired) electrons. The quantitative estimate of drug-likeness (QED) is 0.517. The number of ether oxygens (including phenoxy) is 1. The number of hydrogen-bond acceptors (Lipinski definition) is 3. The Kier molecular flexibility index (Phi) is 6.59. The Hall–Kier alpha value is -3.81. The van der Waals surface area contributed by atoms with Crippen LogP contribution in [0.5, 0.6) is 5.75 Å². The average molecular weight is 429 g/mol. The van der Waals surface area contributed by atoms with Crippen molar-refractivity contribution in [2.24, 2.45) is 0 Å². The predicted octanol–water partition coefficient (Wildman–Crippen LogP) is 4.91. The maximum Gasteiger partial charge on any atom is 0.416 e. The molecule has 0 aliphatic heterocycles. The second kappa shape index (κ2) is 9.34. The van der Waals surface area contributed by atoms with Crippen molar-refractivity contribution in [2.75, 3.05) is 6.61 Å². The maximum absolute atomic E-state index is 12.7. The number of carbonyl (C=O) groups excluding carboxylic acids is 1. The van der Waals surface area contributed by atoms with Crippen LogP contribution in [0.1, 0.15) is 27.2 Å². The van der Waals surface area contributed by atoms with Crippen LogP contribution in [0.25, 0.3) is 6.08 Å². The summed E-state index contributed by atoms with van der Waals surface area (Å²) in [5.41, 5.74) is 0.491. The van der Waals surface area contributed by atoms with E-state index in [0.717, 1.165) is 17.7 Å². The molecule has 0 saturated heterocycles. The number of aromatic nitrogens is 1. The van der Waals surface area contributed by atoms with Crippen LogP contribution < -0.4 is 4.74 Å². The van der Waals surface area contributed by atoms with E-state index in [9.17, 15) is 22.8 Å². The smallest absolute Gasteiger partial charge is 0.416 e. The maximum atomic E-state index is 12.7. The third-order valence-corrected chi connectivity index (χ3v) is 4.37.